The Morgan fingerprint density at radius 1 is 1.42 bits per heavy atom. The van der Waals surface area contributed by atoms with Gasteiger partial charge < -0.3 is 25.6 Å². The van der Waals surface area contributed by atoms with E-state index in [1.54, 1.807) is 25.3 Å². The number of anilines is 1. The average molecular weight is 268 g/mol. The molecule has 0 bridgehead atoms. The van der Waals surface area contributed by atoms with Gasteiger partial charge in [-0.2, -0.15) is 0 Å². The number of aliphatic hydroxyl groups excluding tert-OH is 1. The number of aliphatic hydroxyl groups is 1. The predicted molar refractivity (Wildman–Crippen MR) is 68.4 cm³/mol. The third-order valence-corrected chi connectivity index (χ3v) is 2.39. The van der Waals surface area contributed by atoms with Crippen molar-refractivity contribution in [3.63, 3.8) is 0 Å². The smallest absolute Gasteiger partial charge is 0.334 e. The normalized spacial score (nSPS) is 11.5. The van der Waals surface area contributed by atoms with Crippen LogP contribution < -0.4 is 15.4 Å². The van der Waals surface area contributed by atoms with E-state index < -0.39 is 18.1 Å². The van der Waals surface area contributed by atoms with Gasteiger partial charge >= 0.3 is 12.0 Å². The molecule has 0 aliphatic carbocycles. The van der Waals surface area contributed by atoms with Crippen LogP contribution in [0.15, 0.2) is 18.2 Å². The van der Waals surface area contributed by atoms with E-state index in [2.05, 4.69) is 10.6 Å². The van der Waals surface area contributed by atoms with Gasteiger partial charge in [0.15, 0.2) is 6.10 Å². The second kappa shape index (κ2) is 6.60. The Hall–Kier alpha value is -2.28. The van der Waals surface area contributed by atoms with Gasteiger partial charge in [0.05, 0.1) is 13.7 Å². The van der Waals surface area contributed by atoms with E-state index >= 15 is 0 Å². The SMILES string of the molecule is COc1ccc(NC(=O)NC[C@H](O)C(=O)O)cc1C. The van der Waals surface area contributed by atoms with Crippen molar-refractivity contribution in [1.29, 1.82) is 0 Å². The number of hydrogen-bond donors (Lipinski definition) is 4. The summed E-state index contributed by atoms with van der Waals surface area (Å²) in [6.45, 7) is 1.46. The number of benzene rings is 1. The van der Waals surface area contributed by atoms with Gasteiger partial charge in [-0.05, 0) is 30.7 Å². The van der Waals surface area contributed by atoms with Crippen LogP contribution in [0.5, 0.6) is 5.75 Å². The van der Waals surface area contributed by atoms with Crippen LogP contribution in [0, 0.1) is 6.92 Å². The third-order valence-electron chi connectivity index (χ3n) is 2.39. The minimum atomic E-state index is -1.62. The molecule has 0 aliphatic rings. The van der Waals surface area contributed by atoms with Gasteiger partial charge in [0, 0.05) is 5.69 Å². The first-order valence-corrected chi connectivity index (χ1v) is 5.54. The topological polar surface area (TPSA) is 108 Å². The lowest BCUT2D eigenvalue weighted by molar-refractivity contribution is -0.146. The van der Waals surface area contributed by atoms with Crippen molar-refractivity contribution in [3.05, 3.63) is 23.8 Å². The number of carbonyl (C=O) groups excluding carboxylic acids is 1. The summed E-state index contributed by atoms with van der Waals surface area (Å²) < 4.78 is 5.08. The maximum Gasteiger partial charge on any atom is 0.334 e. The molecule has 1 aromatic rings. The first-order valence-electron chi connectivity index (χ1n) is 5.54. The highest BCUT2D eigenvalue weighted by Crippen LogP contribution is 2.21. The standard InChI is InChI=1S/C12H16N2O5/c1-7-5-8(3-4-10(7)19-2)14-12(18)13-6-9(15)11(16)17/h3-5,9,15H,6H2,1-2H3,(H,16,17)(H2,13,14,18)/t9-/m0/s1. The van der Waals surface area contributed by atoms with E-state index in [0.717, 1.165) is 5.56 Å². The summed E-state index contributed by atoms with van der Waals surface area (Å²) in [5.41, 5.74) is 1.39. The molecule has 7 nitrogen and oxygen atoms in total. The molecule has 4 N–H and O–H groups in total. The number of hydrogen-bond acceptors (Lipinski definition) is 4. The molecule has 0 heterocycles. The summed E-state index contributed by atoms with van der Waals surface area (Å²) in [6, 6.07) is 4.48. The number of aryl methyl sites for hydroxylation is 1. The van der Waals surface area contributed by atoms with Gasteiger partial charge in [0.2, 0.25) is 0 Å². The molecule has 0 spiro atoms. The van der Waals surface area contributed by atoms with Crippen molar-refractivity contribution < 1.29 is 24.5 Å². The van der Waals surface area contributed by atoms with Crippen molar-refractivity contribution in [2.45, 2.75) is 13.0 Å². The van der Waals surface area contributed by atoms with E-state index in [9.17, 15) is 9.59 Å². The van der Waals surface area contributed by atoms with Gasteiger partial charge in [0.1, 0.15) is 5.75 Å². The highest BCUT2D eigenvalue weighted by atomic mass is 16.5. The molecule has 1 atom stereocenters. The Morgan fingerprint density at radius 3 is 2.63 bits per heavy atom. The van der Waals surface area contributed by atoms with Gasteiger partial charge in [-0.25, -0.2) is 9.59 Å². The van der Waals surface area contributed by atoms with E-state index in [0.29, 0.717) is 11.4 Å². The van der Waals surface area contributed by atoms with E-state index in [1.807, 2.05) is 6.92 Å². The molecule has 104 valence electrons. The number of carboxylic acids is 1. The van der Waals surface area contributed by atoms with E-state index in [1.165, 1.54) is 0 Å². The van der Waals surface area contributed by atoms with Crippen LogP contribution >= 0.6 is 0 Å². The van der Waals surface area contributed by atoms with Gasteiger partial charge in [0.25, 0.3) is 0 Å². The first kappa shape index (κ1) is 14.8. The van der Waals surface area contributed by atoms with E-state index in [4.69, 9.17) is 14.9 Å². The van der Waals surface area contributed by atoms with Gasteiger partial charge in [-0.1, -0.05) is 0 Å². The zero-order valence-electron chi connectivity index (χ0n) is 10.6. The third kappa shape index (κ3) is 4.47. The number of nitrogens with one attached hydrogen (secondary N) is 2. The van der Waals surface area contributed by atoms with Crippen LogP contribution in [0.1, 0.15) is 5.56 Å². The molecule has 0 saturated heterocycles. The Kier molecular flexibility index (Phi) is 5.13. The van der Waals surface area contributed by atoms with Crippen LogP contribution in [-0.4, -0.2) is 42.0 Å². The number of carbonyl (C=O) groups is 2. The first-order chi connectivity index (χ1) is 8.93. The number of ether oxygens (including phenoxy) is 1. The molecule has 7 heteroatoms. The summed E-state index contributed by atoms with van der Waals surface area (Å²) in [4.78, 5) is 21.8. The second-order valence-electron chi connectivity index (χ2n) is 3.87. The summed E-state index contributed by atoms with van der Waals surface area (Å²) in [7, 11) is 1.55. The van der Waals surface area contributed by atoms with E-state index in [-0.39, 0.29) is 6.54 Å². The molecule has 1 rings (SSSR count). The maximum absolute atomic E-state index is 11.4. The molecule has 0 fully saturated rings. The number of methoxy groups -OCH3 is 1. The number of carboxylic acid groups (broad SMARTS) is 1. The number of rotatable bonds is 5. The molecule has 0 radical (unpaired) electrons. The summed E-state index contributed by atoms with van der Waals surface area (Å²) in [5.74, 6) is -0.687. The summed E-state index contributed by atoms with van der Waals surface area (Å²) in [6.07, 6.45) is -1.62. The highest BCUT2D eigenvalue weighted by molar-refractivity contribution is 5.89. The molecular weight excluding hydrogens is 252 g/mol. The number of amides is 2. The average Bonchev–Trinajstić information content (AvgIpc) is 2.36. The molecule has 2 amide bonds. The Balaban J connectivity index is 2.53. The fourth-order valence-electron chi connectivity index (χ4n) is 1.41. The van der Waals surface area contributed by atoms with Gasteiger partial charge in [-0.3, -0.25) is 0 Å². The summed E-state index contributed by atoms with van der Waals surface area (Å²) in [5, 5.41) is 22.2. The molecular formula is C12H16N2O5. The quantitative estimate of drug-likeness (QED) is 0.624. The Morgan fingerprint density at radius 2 is 2.11 bits per heavy atom. The maximum atomic E-state index is 11.4. The summed E-state index contributed by atoms with van der Waals surface area (Å²) >= 11 is 0. The molecule has 19 heavy (non-hydrogen) atoms. The molecule has 0 aliphatic heterocycles. The van der Waals surface area contributed by atoms with Crippen molar-refractivity contribution in [2.75, 3.05) is 19.0 Å². The van der Waals surface area contributed by atoms with Gasteiger partial charge in [-0.15, -0.1) is 0 Å². The van der Waals surface area contributed by atoms with Crippen LogP contribution in [0.25, 0.3) is 0 Å². The van der Waals surface area contributed by atoms with Crippen LogP contribution in [-0.2, 0) is 4.79 Å². The predicted octanol–water partition coefficient (Wildman–Crippen LogP) is 0.571. The highest BCUT2D eigenvalue weighted by Gasteiger charge is 2.14. The van der Waals surface area contributed by atoms with Crippen molar-refractivity contribution in [2.24, 2.45) is 0 Å². The number of urea groups is 1. The molecule has 1 aromatic carbocycles. The van der Waals surface area contributed by atoms with Crippen molar-refractivity contribution >= 4 is 17.7 Å². The van der Waals surface area contributed by atoms with Crippen molar-refractivity contribution in [1.82, 2.24) is 5.32 Å². The largest absolute Gasteiger partial charge is 0.496 e. The van der Waals surface area contributed by atoms with Crippen LogP contribution in [0.4, 0.5) is 10.5 Å². The van der Waals surface area contributed by atoms with Crippen LogP contribution in [0.2, 0.25) is 0 Å². The lowest BCUT2D eigenvalue weighted by atomic mass is 10.2. The lowest BCUT2D eigenvalue weighted by Gasteiger charge is -2.11. The monoisotopic (exact) mass is 268 g/mol. The number of aliphatic carboxylic acids is 1. The minimum absolute atomic E-state index is 0.365. The minimum Gasteiger partial charge on any atom is -0.496 e. The zero-order valence-corrected chi connectivity index (χ0v) is 10.6. The molecule has 0 saturated carbocycles. The molecule has 0 aromatic heterocycles. The molecule has 0 unspecified atom stereocenters. The second-order valence-corrected chi connectivity index (χ2v) is 3.87. The fourth-order valence-corrected chi connectivity index (χ4v) is 1.41. The van der Waals surface area contributed by atoms with Crippen LogP contribution in [0.3, 0.4) is 0 Å². The van der Waals surface area contributed by atoms with Crippen molar-refractivity contribution in [3.8, 4) is 5.75 Å². The zero-order chi connectivity index (χ0) is 14.4. The Labute approximate surface area is 110 Å². The lowest BCUT2D eigenvalue weighted by Crippen LogP contribution is -2.38. The Bertz CT molecular complexity index is 475. The fraction of sp³-hybridized carbons (Fsp3) is 0.333.